The van der Waals surface area contributed by atoms with Crippen LogP contribution < -0.4 is 11.1 Å². The minimum absolute atomic E-state index is 0.139. The van der Waals surface area contributed by atoms with Gasteiger partial charge < -0.3 is 15.5 Å². The molecule has 98 valence electrons. The molecule has 2 aromatic rings. The first-order chi connectivity index (χ1) is 9.19. The van der Waals surface area contributed by atoms with E-state index in [1.165, 1.54) is 6.26 Å². The molecule has 0 unspecified atom stereocenters. The van der Waals surface area contributed by atoms with E-state index in [1.807, 2.05) is 12.1 Å². The summed E-state index contributed by atoms with van der Waals surface area (Å²) in [7, 11) is 0. The van der Waals surface area contributed by atoms with Crippen molar-refractivity contribution in [2.75, 3.05) is 6.54 Å². The van der Waals surface area contributed by atoms with Crippen LogP contribution in [0.15, 0.2) is 28.9 Å². The molecule has 2 heterocycles. The summed E-state index contributed by atoms with van der Waals surface area (Å²) in [4.78, 5) is 13.8. The monoisotopic (exact) mass is 274 g/mol. The topological polar surface area (TPSA) is 68.3 Å². The van der Waals surface area contributed by atoms with Crippen LogP contribution in [0.3, 0.4) is 0 Å². The number of aryl methyl sites for hydroxylation is 1. The molecule has 0 saturated heterocycles. The maximum Gasteiger partial charge on any atom is 0.254 e. The molecule has 0 aliphatic carbocycles. The fourth-order valence-corrected chi connectivity index (χ4v) is 2.33. The van der Waals surface area contributed by atoms with Gasteiger partial charge in [0.25, 0.3) is 5.91 Å². The van der Waals surface area contributed by atoms with Crippen LogP contribution in [0.4, 0.5) is 0 Å². The summed E-state index contributed by atoms with van der Waals surface area (Å²) in [6, 6.07) is 5.59. The van der Waals surface area contributed by atoms with E-state index in [-0.39, 0.29) is 5.91 Å². The third-order valence-corrected chi connectivity index (χ3v) is 3.39. The highest BCUT2D eigenvalue weighted by atomic mass is 32.1. The maximum absolute atomic E-state index is 11.8. The molecule has 2 aromatic heterocycles. The number of hydrogen-bond donors (Lipinski definition) is 2. The van der Waals surface area contributed by atoms with Crippen molar-refractivity contribution in [3.8, 4) is 11.8 Å². The molecule has 0 aliphatic heterocycles. The van der Waals surface area contributed by atoms with Gasteiger partial charge in [-0.15, -0.1) is 11.3 Å². The Labute approximate surface area is 115 Å². The van der Waals surface area contributed by atoms with Gasteiger partial charge in [0.1, 0.15) is 12.0 Å². The Kier molecular flexibility index (Phi) is 4.39. The molecular formula is C14H14N2O2S. The molecule has 0 atom stereocenters. The predicted molar refractivity (Wildman–Crippen MR) is 74.9 cm³/mol. The Morgan fingerprint density at radius 2 is 2.37 bits per heavy atom. The number of nitrogens with one attached hydrogen (secondary N) is 1. The lowest BCUT2D eigenvalue weighted by molar-refractivity contribution is 0.0950. The predicted octanol–water partition coefficient (Wildman–Crippen LogP) is 1.89. The number of hydrogen-bond acceptors (Lipinski definition) is 4. The van der Waals surface area contributed by atoms with Crippen LogP contribution in [-0.2, 0) is 6.54 Å². The van der Waals surface area contributed by atoms with Crippen molar-refractivity contribution in [3.63, 3.8) is 0 Å². The van der Waals surface area contributed by atoms with Crippen LogP contribution in [0.25, 0.3) is 0 Å². The van der Waals surface area contributed by atoms with Crippen LogP contribution >= 0.6 is 11.3 Å². The van der Waals surface area contributed by atoms with Gasteiger partial charge in [-0.2, -0.15) is 0 Å². The number of furan rings is 1. The fraction of sp³-hybridized carbons (Fsp3) is 0.214. The lowest BCUT2D eigenvalue weighted by atomic mass is 10.3. The molecule has 5 heteroatoms. The summed E-state index contributed by atoms with van der Waals surface area (Å²) in [5.74, 6) is 6.35. The van der Waals surface area contributed by atoms with Gasteiger partial charge in [-0.3, -0.25) is 4.79 Å². The average Bonchev–Trinajstić information content (AvgIpc) is 3.02. The molecule has 0 spiro atoms. The molecule has 19 heavy (non-hydrogen) atoms. The van der Waals surface area contributed by atoms with Crippen molar-refractivity contribution in [2.45, 2.75) is 13.5 Å². The summed E-state index contributed by atoms with van der Waals surface area (Å²) in [5.41, 5.74) is 5.85. The van der Waals surface area contributed by atoms with Crippen molar-refractivity contribution in [3.05, 3.63) is 45.5 Å². The van der Waals surface area contributed by atoms with Gasteiger partial charge in [0.15, 0.2) is 0 Å². The van der Waals surface area contributed by atoms with Crippen molar-refractivity contribution >= 4 is 17.2 Å². The first kappa shape index (κ1) is 13.4. The Hall–Kier alpha value is -2.03. The van der Waals surface area contributed by atoms with Crippen molar-refractivity contribution in [1.82, 2.24) is 5.32 Å². The molecular weight excluding hydrogens is 260 g/mol. The summed E-state index contributed by atoms with van der Waals surface area (Å²) in [6.45, 7) is 2.64. The van der Waals surface area contributed by atoms with E-state index < -0.39 is 0 Å². The van der Waals surface area contributed by atoms with Crippen LogP contribution in [0.2, 0.25) is 0 Å². The van der Waals surface area contributed by atoms with E-state index in [2.05, 4.69) is 17.2 Å². The number of thiophene rings is 1. The lowest BCUT2D eigenvalue weighted by Gasteiger charge is -2.00. The number of carbonyl (C=O) groups is 1. The molecule has 2 rings (SSSR count). The Morgan fingerprint density at radius 3 is 3.05 bits per heavy atom. The van der Waals surface area contributed by atoms with Crippen molar-refractivity contribution in [2.24, 2.45) is 5.73 Å². The van der Waals surface area contributed by atoms with Crippen LogP contribution in [0.1, 0.15) is 25.9 Å². The second-order valence-electron chi connectivity index (χ2n) is 3.90. The van der Waals surface area contributed by atoms with Gasteiger partial charge in [-0.1, -0.05) is 11.8 Å². The van der Waals surface area contributed by atoms with E-state index in [9.17, 15) is 4.79 Å². The van der Waals surface area contributed by atoms with E-state index in [0.29, 0.717) is 18.7 Å². The molecule has 0 aromatic carbocycles. The highest BCUT2D eigenvalue weighted by Gasteiger charge is 2.08. The zero-order valence-electron chi connectivity index (χ0n) is 10.5. The normalized spacial score (nSPS) is 9.79. The highest BCUT2D eigenvalue weighted by molar-refractivity contribution is 7.12. The van der Waals surface area contributed by atoms with Gasteiger partial charge >= 0.3 is 0 Å². The summed E-state index contributed by atoms with van der Waals surface area (Å²) < 4.78 is 5.10. The van der Waals surface area contributed by atoms with Crippen LogP contribution in [0, 0.1) is 18.8 Å². The molecule has 0 radical (unpaired) electrons. The SMILES string of the molecule is Cc1cc(C(=O)NCc2ccc(C#CCN)s2)co1. The van der Waals surface area contributed by atoms with Gasteiger partial charge in [0.05, 0.1) is 23.5 Å². The van der Waals surface area contributed by atoms with Gasteiger partial charge in [0, 0.05) is 4.88 Å². The number of nitrogens with two attached hydrogens (primary N) is 1. The minimum atomic E-state index is -0.139. The summed E-state index contributed by atoms with van der Waals surface area (Å²) in [5, 5.41) is 2.84. The average molecular weight is 274 g/mol. The molecule has 1 amide bonds. The standard InChI is InChI=1S/C14H14N2O2S/c1-10-7-11(9-18-10)14(17)16-8-13-5-4-12(19-13)3-2-6-15/h4-5,7,9H,6,8,15H2,1H3,(H,16,17). The van der Waals surface area contributed by atoms with E-state index in [1.54, 1.807) is 24.3 Å². The molecule has 0 bridgehead atoms. The smallest absolute Gasteiger partial charge is 0.254 e. The first-order valence-corrected chi connectivity index (χ1v) is 6.61. The molecule has 0 aliphatic rings. The lowest BCUT2D eigenvalue weighted by Crippen LogP contribution is -2.21. The second kappa shape index (κ2) is 6.23. The quantitative estimate of drug-likeness (QED) is 0.840. The highest BCUT2D eigenvalue weighted by Crippen LogP contribution is 2.15. The van der Waals surface area contributed by atoms with Crippen LogP contribution in [0.5, 0.6) is 0 Å². The minimum Gasteiger partial charge on any atom is -0.469 e. The molecule has 3 N–H and O–H groups in total. The Bertz CT molecular complexity index is 631. The van der Waals surface area contributed by atoms with E-state index in [0.717, 1.165) is 15.5 Å². The van der Waals surface area contributed by atoms with Crippen molar-refractivity contribution < 1.29 is 9.21 Å². The van der Waals surface area contributed by atoms with E-state index >= 15 is 0 Å². The largest absolute Gasteiger partial charge is 0.469 e. The van der Waals surface area contributed by atoms with Gasteiger partial charge in [0.2, 0.25) is 0 Å². The number of rotatable bonds is 3. The molecule has 0 fully saturated rings. The Balaban J connectivity index is 1.92. The summed E-state index contributed by atoms with van der Waals surface area (Å²) >= 11 is 1.55. The van der Waals surface area contributed by atoms with Crippen molar-refractivity contribution in [1.29, 1.82) is 0 Å². The zero-order valence-corrected chi connectivity index (χ0v) is 11.3. The first-order valence-electron chi connectivity index (χ1n) is 5.80. The van der Waals surface area contributed by atoms with Crippen LogP contribution in [-0.4, -0.2) is 12.5 Å². The summed E-state index contributed by atoms with van der Waals surface area (Å²) in [6.07, 6.45) is 1.46. The number of carbonyl (C=O) groups excluding carboxylic acids is 1. The fourth-order valence-electron chi connectivity index (χ4n) is 1.51. The number of amides is 1. The van der Waals surface area contributed by atoms with Gasteiger partial charge in [-0.05, 0) is 25.1 Å². The zero-order chi connectivity index (χ0) is 13.7. The Morgan fingerprint density at radius 1 is 1.53 bits per heavy atom. The third kappa shape index (κ3) is 3.71. The van der Waals surface area contributed by atoms with E-state index in [4.69, 9.17) is 10.2 Å². The maximum atomic E-state index is 11.8. The second-order valence-corrected chi connectivity index (χ2v) is 5.07. The third-order valence-electron chi connectivity index (χ3n) is 2.39. The molecule has 0 saturated carbocycles. The van der Waals surface area contributed by atoms with Gasteiger partial charge in [-0.25, -0.2) is 0 Å². The molecule has 4 nitrogen and oxygen atoms in total.